The van der Waals surface area contributed by atoms with E-state index in [4.69, 9.17) is 0 Å². The van der Waals surface area contributed by atoms with Crippen LogP contribution < -0.4 is 10.6 Å². The molecule has 0 aliphatic carbocycles. The highest BCUT2D eigenvalue weighted by Crippen LogP contribution is 2.43. The summed E-state index contributed by atoms with van der Waals surface area (Å²) >= 11 is 1.63. The van der Waals surface area contributed by atoms with Crippen LogP contribution >= 0.6 is 11.8 Å². The van der Waals surface area contributed by atoms with Gasteiger partial charge in [0.25, 0.3) is 0 Å². The number of aromatic hydroxyl groups is 1. The Balaban J connectivity index is 1.76. The van der Waals surface area contributed by atoms with E-state index in [2.05, 4.69) is 20.8 Å². The summed E-state index contributed by atoms with van der Waals surface area (Å²) in [5, 5.41) is 24.8. The highest BCUT2D eigenvalue weighted by molar-refractivity contribution is 7.98. The van der Waals surface area contributed by atoms with Crippen LogP contribution in [-0.2, 0) is 17.7 Å². The van der Waals surface area contributed by atoms with E-state index < -0.39 is 11.7 Å². The number of piperidine rings is 1. The van der Waals surface area contributed by atoms with Crippen LogP contribution in [0.3, 0.4) is 0 Å². The minimum absolute atomic E-state index is 0.125. The molecule has 0 unspecified atom stereocenters. The third kappa shape index (κ3) is 3.70. The standard InChI is InChI=1S/C18H19F3N4OS/c19-18(20,21)15-4-3-11(26)6-12(15)16-13-8-27-9-14(13)17(25-24-16)23-10-2-1-5-22-7-10/h3-4,6,10,22,26H,1-2,5,7-9H2,(H,23,25)/t10-/m1/s1. The molecule has 3 N–H and O–H groups in total. The topological polar surface area (TPSA) is 70.1 Å². The Morgan fingerprint density at radius 3 is 2.74 bits per heavy atom. The van der Waals surface area contributed by atoms with Crippen molar-refractivity contribution >= 4 is 17.6 Å². The number of phenolic OH excluding ortho intramolecular Hbond substituents is 1. The highest BCUT2D eigenvalue weighted by Gasteiger charge is 2.36. The van der Waals surface area contributed by atoms with Crippen LogP contribution in [-0.4, -0.2) is 34.4 Å². The lowest BCUT2D eigenvalue weighted by Gasteiger charge is -2.25. The predicted molar refractivity (Wildman–Crippen MR) is 98.6 cm³/mol. The Kier molecular flexibility index (Phi) is 4.90. The Morgan fingerprint density at radius 2 is 2.00 bits per heavy atom. The number of anilines is 1. The van der Waals surface area contributed by atoms with E-state index >= 15 is 0 Å². The molecule has 1 atom stereocenters. The number of aromatic nitrogens is 2. The van der Waals surface area contributed by atoms with Crippen molar-refractivity contribution in [2.45, 2.75) is 36.6 Å². The van der Waals surface area contributed by atoms with Crippen molar-refractivity contribution in [2.75, 3.05) is 18.4 Å². The van der Waals surface area contributed by atoms with Crippen LogP contribution in [0, 0.1) is 0 Å². The van der Waals surface area contributed by atoms with Gasteiger partial charge >= 0.3 is 6.18 Å². The first-order valence-corrected chi connectivity index (χ1v) is 9.93. The van der Waals surface area contributed by atoms with E-state index in [9.17, 15) is 18.3 Å². The molecule has 1 saturated heterocycles. The van der Waals surface area contributed by atoms with Gasteiger partial charge in [-0.1, -0.05) is 0 Å². The molecule has 1 fully saturated rings. The lowest BCUT2D eigenvalue weighted by Crippen LogP contribution is -2.38. The van der Waals surface area contributed by atoms with Crippen LogP contribution in [0.4, 0.5) is 19.0 Å². The number of alkyl halides is 3. The maximum atomic E-state index is 13.5. The van der Waals surface area contributed by atoms with Crippen LogP contribution in [0.25, 0.3) is 11.3 Å². The van der Waals surface area contributed by atoms with Crippen molar-refractivity contribution in [3.63, 3.8) is 0 Å². The van der Waals surface area contributed by atoms with Gasteiger partial charge in [-0.3, -0.25) is 0 Å². The van der Waals surface area contributed by atoms with Crippen molar-refractivity contribution in [2.24, 2.45) is 0 Å². The Morgan fingerprint density at radius 1 is 1.19 bits per heavy atom. The predicted octanol–water partition coefficient (Wildman–Crippen LogP) is 3.78. The molecule has 0 spiro atoms. The van der Waals surface area contributed by atoms with E-state index in [-0.39, 0.29) is 23.0 Å². The zero-order valence-electron chi connectivity index (χ0n) is 14.4. The average Bonchev–Trinajstić information content (AvgIpc) is 3.12. The Hall–Kier alpha value is -2.00. The quantitative estimate of drug-likeness (QED) is 0.734. The summed E-state index contributed by atoms with van der Waals surface area (Å²) in [5.41, 5.74) is 0.931. The van der Waals surface area contributed by atoms with Crippen LogP contribution in [0.5, 0.6) is 5.75 Å². The van der Waals surface area contributed by atoms with Crippen LogP contribution in [0.15, 0.2) is 18.2 Å². The zero-order chi connectivity index (χ0) is 19.0. The second-order valence-electron chi connectivity index (χ2n) is 6.76. The number of nitrogens with zero attached hydrogens (tertiary/aromatic N) is 2. The number of rotatable bonds is 3. The molecule has 2 aliphatic rings. The van der Waals surface area contributed by atoms with Crippen molar-refractivity contribution in [3.05, 3.63) is 34.9 Å². The molecule has 5 nitrogen and oxygen atoms in total. The van der Waals surface area contributed by atoms with Gasteiger partial charge in [-0.25, -0.2) is 0 Å². The molecule has 0 radical (unpaired) electrons. The Bertz CT molecular complexity index is 853. The highest BCUT2D eigenvalue weighted by atomic mass is 32.2. The third-order valence-corrected chi connectivity index (χ3v) is 5.87. The SMILES string of the molecule is Oc1ccc(C(F)(F)F)c(-c2nnc(N[C@@H]3CCCNC3)c3c2CSC3)c1. The molecule has 9 heteroatoms. The first-order chi connectivity index (χ1) is 12.9. The van der Waals surface area contributed by atoms with E-state index in [0.717, 1.165) is 55.3 Å². The molecular weight excluding hydrogens is 377 g/mol. The van der Waals surface area contributed by atoms with Crippen molar-refractivity contribution in [3.8, 4) is 17.0 Å². The number of fused-ring (bicyclic) bond motifs is 1. The molecule has 0 saturated carbocycles. The number of phenols is 1. The molecule has 27 heavy (non-hydrogen) atoms. The molecule has 3 heterocycles. The summed E-state index contributed by atoms with van der Waals surface area (Å²) in [6.07, 6.45) is -2.45. The molecule has 2 aliphatic heterocycles. The summed E-state index contributed by atoms with van der Waals surface area (Å²) in [7, 11) is 0. The van der Waals surface area contributed by atoms with Gasteiger partial charge in [-0.2, -0.15) is 24.9 Å². The molecule has 0 bridgehead atoms. The van der Waals surface area contributed by atoms with Gasteiger partial charge in [0.15, 0.2) is 5.82 Å². The van der Waals surface area contributed by atoms with Gasteiger partial charge in [0, 0.05) is 35.2 Å². The number of halogens is 3. The third-order valence-electron chi connectivity index (χ3n) is 4.88. The van der Waals surface area contributed by atoms with Crippen molar-refractivity contribution in [1.82, 2.24) is 15.5 Å². The summed E-state index contributed by atoms with van der Waals surface area (Å²) in [4.78, 5) is 0. The number of benzene rings is 1. The summed E-state index contributed by atoms with van der Waals surface area (Å²) in [6, 6.07) is 3.29. The van der Waals surface area contributed by atoms with Gasteiger partial charge in [-0.15, -0.1) is 10.2 Å². The molecular formula is C18H19F3N4OS. The largest absolute Gasteiger partial charge is 0.508 e. The van der Waals surface area contributed by atoms with E-state index in [1.807, 2.05) is 0 Å². The van der Waals surface area contributed by atoms with Gasteiger partial charge in [0.1, 0.15) is 5.75 Å². The molecule has 2 aromatic rings. The van der Waals surface area contributed by atoms with E-state index in [1.54, 1.807) is 11.8 Å². The molecule has 4 rings (SSSR count). The number of hydrogen-bond acceptors (Lipinski definition) is 6. The first-order valence-electron chi connectivity index (χ1n) is 8.77. The van der Waals surface area contributed by atoms with Crippen molar-refractivity contribution in [1.29, 1.82) is 0 Å². The fraction of sp³-hybridized carbons (Fsp3) is 0.444. The van der Waals surface area contributed by atoms with Gasteiger partial charge in [0.2, 0.25) is 0 Å². The lowest BCUT2D eigenvalue weighted by molar-refractivity contribution is -0.137. The number of hydrogen-bond donors (Lipinski definition) is 3. The van der Waals surface area contributed by atoms with Crippen molar-refractivity contribution < 1.29 is 18.3 Å². The van der Waals surface area contributed by atoms with E-state index in [0.29, 0.717) is 17.3 Å². The molecule has 1 aromatic carbocycles. The smallest absolute Gasteiger partial charge is 0.417 e. The number of nitrogens with one attached hydrogen (secondary N) is 2. The maximum Gasteiger partial charge on any atom is 0.417 e. The van der Waals surface area contributed by atoms with Crippen LogP contribution in [0.1, 0.15) is 29.5 Å². The summed E-state index contributed by atoms with van der Waals surface area (Å²) in [5.74, 6) is 1.68. The zero-order valence-corrected chi connectivity index (χ0v) is 15.3. The van der Waals surface area contributed by atoms with Gasteiger partial charge in [0.05, 0.1) is 11.3 Å². The fourth-order valence-electron chi connectivity index (χ4n) is 3.55. The molecule has 1 aromatic heterocycles. The van der Waals surface area contributed by atoms with Crippen LogP contribution in [0.2, 0.25) is 0 Å². The summed E-state index contributed by atoms with van der Waals surface area (Å²) < 4.78 is 40.4. The second-order valence-corrected chi connectivity index (χ2v) is 7.75. The average molecular weight is 396 g/mol. The lowest BCUT2D eigenvalue weighted by atomic mass is 9.98. The maximum absolute atomic E-state index is 13.5. The second kappa shape index (κ2) is 7.20. The normalized spacial score (nSPS) is 19.7. The monoisotopic (exact) mass is 396 g/mol. The van der Waals surface area contributed by atoms with E-state index in [1.165, 1.54) is 0 Å². The first kappa shape index (κ1) is 18.4. The molecule has 144 valence electrons. The Labute approximate surface area is 158 Å². The summed E-state index contributed by atoms with van der Waals surface area (Å²) in [6.45, 7) is 1.82. The van der Waals surface area contributed by atoms with Gasteiger partial charge in [-0.05, 0) is 43.1 Å². The van der Waals surface area contributed by atoms with Gasteiger partial charge < -0.3 is 15.7 Å². The molecule has 0 amide bonds. The minimum Gasteiger partial charge on any atom is -0.508 e. The number of thioether (sulfide) groups is 1. The fourth-order valence-corrected chi connectivity index (χ4v) is 4.68. The minimum atomic E-state index is -4.53.